The Kier molecular flexibility index (Phi) is 3.83. The molecule has 0 amide bonds. The van der Waals surface area contributed by atoms with Gasteiger partial charge in [-0.05, 0) is 6.42 Å². The molecular weight excluding hydrogens is 142 g/mol. The highest BCUT2D eigenvalue weighted by molar-refractivity contribution is 5.35. The van der Waals surface area contributed by atoms with Gasteiger partial charge in [0.15, 0.2) is 0 Å². The van der Waals surface area contributed by atoms with Gasteiger partial charge in [-0.1, -0.05) is 0 Å². The SMILES string of the molecule is N=C=NCCC1CNCCO1. The molecule has 0 radical (unpaired) electrons. The van der Waals surface area contributed by atoms with E-state index in [9.17, 15) is 0 Å². The zero-order valence-electron chi connectivity index (χ0n) is 6.47. The summed E-state index contributed by atoms with van der Waals surface area (Å²) in [5, 5.41) is 9.77. The van der Waals surface area contributed by atoms with Crippen LogP contribution in [0.2, 0.25) is 0 Å². The van der Waals surface area contributed by atoms with Crippen molar-refractivity contribution in [3.63, 3.8) is 0 Å². The van der Waals surface area contributed by atoms with Gasteiger partial charge in [-0.15, -0.1) is 0 Å². The van der Waals surface area contributed by atoms with Crippen molar-refractivity contribution >= 4 is 6.01 Å². The van der Waals surface area contributed by atoms with Crippen LogP contribution >= 0.6 is 0 Å². The van der Waals surface area contributed by atoms with Gasteiger partial charge in [0.2, 0.25) is 0 Å². The maximum Gasteiger partial charge on any atom is 0.0861 e. The van der Waals surface area contributed by atoms with E-state index >= 15 is 0 Å². The Morgan fingerprint density at radius 3 is 3.27 bits per heavy atom. The quantitative estimate of drug-likeness (QED) is 0.569. The number of nitrogens with one attached hydrogen (secondary N) is 2. The first kappa shape index (κ1) is 8.40. The van der Waals surface area contributed by atoms with Crippen molar-refractivity contribution in [1.29, 1.82) is 5.41 Å². The van der Waals surface area contributed by atoms with Crippen molar-refractivity contribution in [2.45, 2.75) is 12.5 Å². The molecule has 62 valence electrons. The van der Waals surface area contributed by atoms with Crippen LogP contribution in [0.4, 0.5) is 0 Å². The van der Waals surface area contributed by atoms with E-state index in [1.54, 1.807) is 0 Å². The summed E-state index contributed by atoms with van der Waals surface area (Å²) >= 11 is 0. The van der Waals surface area contributed by atoms with Crippen LogP contribution in [0.3, 0.4) is 0 Å². The Bertz CT molecular complexity index is 148. The van der Waals surface area contributed by atoms with Gasteiger partial charge < -0.3 is 10.1 Å². The number of morpholine rings is 1. The van der Waals surface area contributed by atoms with E-state index in [4.69, 9.17) is 10.1 Å². The van der Waals surface area contributed by atoms with Crippen LogP contribution in [0.1, 0.15) is 6.42 Å². The van der Waals surface area contributed by atoms with E-state index in [0.29, 0.717) is 6.54 Å². The topological polar surface area (TPSA) is 57.5 Å². The van der Waals surface area contributed by atoms with E-state index in [0.717, 1.165) is 26.1 Å². The van der Waals surface area contributed by atoms with Crippen LogP contribution in [-0.4, -0.2) is 38.4 Å². The minimum absolute atomic E-state index is 0.279. The van der Waals surface area contributed by atoms with Crippen molar-refractivity contribution in [3.8, 4) is 0 Å². The summed E-state index contributed by atoms with van der Waals surface area (Å²) in [4.78, 5) is 3.67. The fourth-order valence-electron chi connectivity index (χ4n) is 1.07. The third kappa shape index (κ3) is 3.28. The maximum absolute atomic E-state index is 6.55. The number of hydrogen-bond acceptors (Lipinski definition) is 4. The van der Waals surface area contributed by atoms with Crippen molar-refractivity contribution in [3.05, 3.63) is 0 Å². The Balaban J connectivity index is 2.09. The summed E-state index contributed by atoms with van der Waals surface area (Å²) in [6.45, 7) is 3.30. The van der Waals surface area contributed by atoms with E-state index < -0.39 is 0 Å². The van der Waals surface area contributed by atoms with E-state index in [2.05, 4.69) is 10.3 Å². The number of ether oxygens (including phenoxy) is 1. The molecule has 11 heavy (non-hydrogen) atoms. The zero-order chi connectivity index (χ0) is 7.94. The van der Waals surface area contributed by atoms with Crippen LogP contribution in [0, 0.1) is 5.41 Å². The molecule has 0 aliphatic carbocycles. The first-order chi connectivity index (χ1) is 5.43. The van der Waals surface area contributed by atoms with Crippen molar-refractivity contribution in [2.24, 2.45) is 4.99 Å². The third-order valence-electron chi connectivity index (χ3n) is 1.65. The van der Waals surface area contributed by atoms with Gasteiger partial charge in [0.1, 0.15) is 0 Å². The molecule has 0 saturated carbocycles. The Morgan fingerprint density at radius 2 is 2.64 bits per heavy atom. The fraction of sp³-hybridized carbons (Fsp3) is 0.857. The lowest BCUT2D eigenvalue weighted by atomic mass is 10.2. The minimum Gasteiger partial charge on any atom is -0.376 e. The maximum atomic E-state index is 6.55. The Hall–Kier alpha value is -0.700. The average Bonchev–Trinajstić information content (AvgIpc) is 2.07. The third-order valence-corrected chi connectivity index (χ3v) is 1.65. The number of hydrogen-bond donors (Lipinski definition) is 2. The molecule has 1 fully saturated rings. The highest BCUT2D eigenvalue weighted by Gasteiger charge is 2.11. The summed E-state index contributed by atoms with van der Waals surface area (Å²) in [7, 11) is 0. The smallest absolute Gasteiger partial charge is 0.0861 e. The van der Waals surface area contributed by atoms with Crippen LogP contribution in [0.15, 0.2) is 4.99 Å². The molecule has 1 heterocycles. The molecule has 2 N–H and O–H groups in total. The number of nitrogens with zero attached hydrogens (tertiary/aromatic N) is 1. The first-order valence-electron chi connectivity index (χ1n) is 3.84. The molecule has 1 unspecified atom stereocenters. The standard InChI is InChI=1S/C7H13N3O/c8-6-10-2-1-7-5-9-3-4-11-7/h7-9H,1-5H2. The second-order valence-corrected chi connectivity index (χ2v) is 2.48. The van der Waals surface area contributed by atoms with Gasteiger partial charge in [-0.25, -0.2) is 10.4 Å². The lowest BCUT2D eigenvalue weighted by Crippen LogP contribution is -2.38. The van der Waals surface area contributed by atoms with E-state index in [1.165, 1.54) is 0 Å². The molecule has 1 saturated heterocycles. The van der Waals surface area contributed by atoms with Gasteiger partial charge in [0.05, 0.1) is 25.3 Å². The molecule has 1 aliphatic rings. The molecule has 4 heteroatoms. The Labute approximate surface area is 66.2 Å². The number of aliphatic imine (C=N–C) groups is 1. The minimum atomic E-state index is 0.279. The predicted molar refractivity (Wildman–Crippen MR) is 42.2 cm³/mol. The summed E-state index contributed by atoms with van der Waals surface area (Å²) in [6, 6.07) is 2.01. The molecule has 1 atom stereocenters. The fourth-order valence-corrected chi connectivity index (χ4v) is 1.07. The van der Waals surface area contributed by atoms with E-state index in [1.807, 2.05) is 6.01 Å². The lowest BCUT2D eigenvalue weighted by Gasteiger charge is -2.22. The predicted octanol–water partition coefficient (Wildman–Crippen LogP) is 0.118. The second kappa shape index (κ2) is 5.02. The monoisotopic (exact) mass is 155 g/mol. The molecule has 0 bridgehead atoms. The van der Waals surface area contributed by atoms with Gasteiger partial charge in [0, 0.05) is 13.1 Å². The molecule has 4 nitrogen and oxygen atoms in total. The average molecular weight is 155 g/mol. The molecule has 1 rings (SSSR count). The van der Waals surface area contributed by atoms with Crippen LogP contribution in [0.5, 0.6) is 0 Å². The normalized spacial score (nSPS) is 24.2. The zero-order valence-corrected chi connectivity index (χ0v) is 6.47. The molecular formula is C7H13N3O. The second-order valence-electron chi connectivity index (χ2n) is 2.48. The molecule has 0 aromatic carbocycles. The Morgan fingerprint density at radius 1 is 1.73 bits per heavy atom. The van der Waals surface area contributed by atoms with Crippen molar-refractivity contribution < 1.29 is 4.74 Å². The van der Waals surface area contributed by atoms with Gasteiger partial charge in [0.25, 0.3) is 0 Å². The van der Waals surface area contributed by atoms with Crippen molar-refractivity contribution in [2.75, 3.05) is 26.2 Å². The lowest BCUT2D eigenvalue weighted by molar-refractivity contribution is 0.0253. The van der Waals surface area contributed by atoms with Crippen LogP contribution in [0.25, 0.3) is 0 Å². The number of rotatable bonds is 3. The summed E-state index contributed by atoms with van der Waals surface area (Å²) < 4.78 is 5.41. The largest absolute Gasteiger partial charge is 0.376 e. The summed E-state index contributed by atoms with van der Waals surface area (Å²) in [5.41, 5.74) is 0. The summed E-state index contributed by atoms with van der Waals surface area (Å²) in [6.07, 6.45) is 1.17. The molecule has 0 aromatic rings. The molecule has 0 spiro atoms. The van der Waals surface area contributed by atoms with Crippen molar-refractivity contribution in [1.82, 2.24) is 5.32 Å². The van der Waals surface area contributed by atoms with Gasteiger partial charge in [-0.3, -0.25) is 0 Å². The van der Waals surface area contributed by atoms with Crippen LogP contribution in [-0.2, 0) is 4.74 Å². The van der Waals surface area contributed by atoms with Gasteiger partial charge >= 0.3 is 0 Å². The highest BCUT2D eigenvalue weighted by atomic mass is 16.5. The van der Waals surface area contributed by atoms with Crippen LogP contribution < -0.4 is 5.32 Å². The van der Waals surface area contributed by atoms with E-state index in [-0.39, 0.29) is 6.10 Å². The molecule has 0 aromatic heterocycles. The van der Waals surface area contributed by atoms with Gasteiger partial charge in [-0.2, -0.15) is 0 Å². The molecule has 1 aliphatic heterocycles. The first-order valence-corrected chi connectivity index (χ1v) is 3.84. The highest BCUT2D eigenvalue weighted by Crippen LogP contribution is 2.00. The summed E-state index contributed by atoms with van der Waals surface area (Å²) in [5.74, 6) is 0.